The maximum atomic E-state index is 13.1. The fourth-order valence-electron chi connectivity index (χ4n) is 3.04. The monoisotopic (exact) mass is 536 g/mol. The van der Waals surface area contributed by atoms with E-state index in [2.05, 4.69) is 4.98 Å². The molecule has 0 aliphatic heterocycles. The maximum Gasteiger partial charge on any atom is 0.202 e. The van der Waals surface area contributed by atoms with Crippen LogP contribution in [0.4, 0.5) is 0 Å². The molecule has 2 unspecified atom stereocenters. The molecule has 180 valence electrons. The third-order valence-corrected chi connectivity index (χ3v) is 7.54. The van der Waals surface area contributed by atoms with Crippen molar-refractivity contribution in [2.75, 3.05) is 19.1 Å². The van der Waals surface area contributed by atoms with Crippen LogP contribution < -0.4 is 4.74 Å². The molecule has 0 saturated heterocycles. The van der Waals surface area contributed by atoms with Crippen LogP contribution in [0.25, 0.3) is 0 Å². The molecule has 0 bridgehead atoms. The van der Waals surface area contributed by atoms with Crippen LogP contribution in [-0.4, -0.2) is 59.5 Å². The first-order valence-electron chi connectivity index (χ1n) is 9.98. The molecule has 1 aliphatic carbocycles. The first-order chi connectivity index (χ1) is 15.7. The van der Waals surface area contributed by atoms with Gasteiger partial charge in [0.25, 0.3) is 0 Å². The highest BCUT2D eigenvalue weighted by Crippen LogP contribution is 2.38. The average molecular weight is 538 g/mol. The number of ether oxygens (including phenoxy) is 2. The molecule has 2 aromatic rings. The quantitative estimate of drug-likeness (QED) is 0.422. The van der Waals surface area contributed by atoms with E-state index >= 15 is 0 Å². The third-order valence-electron chi connectivity index (χ3n) is 4.74. The average Bonchev–Trinajstić information content (AvgIpc) is 3.30. The van der Waals surface area contributed by atoms with Gasteiger partial charge in [0.1, 0.15) is 25.4 Å². The molecule has 3 rings (SSSR count). The third kappa shape index (κ3) is 6.88. The summed E-state index contributed by atoms with van der Waals surface area (Å²) >= 11 is 17.9. The lowest BCUT2D eigenvalue weighted by molar-refractivity contribution is 0.0570. The number of hydrogen-bond donors (Lipinski definition) is 2. The minimum absolute atomic E-state index is 0.00528. The van der Waals surface area contributed by atoms with Gasteiger partial charge in [0.2, 0.25) is 9.84 Å². The lowest BCUT2D eigenvalue weighted by Gasteiger charge is -2.19. The van der Waals surface area contributed by atoms with Crippen molar-refractivity contribution in [3.05, 3.63) is 63.7 Å². The van der Waals surface area contributed by atoms with Crippen molar-refractivity contribution in [2.45, 2.75) is 36.5 Å². The second-order valence-corrected chi connectivity index (χ2v) is 10.5. The Morgan fingerprint density at radius 1 is 1.06 bits per heavy atom. The lowest BCUT2D eigenvalue weighted by atomic mass is 10.1. The van der Waals surface area contributed by atoms with E-state index in [9.17, 15) is 18.6 Å². The number of nitrogens with zero attached hydrogens (tertiary/aromatic N) is 2. The van der Waals surface area contributed by atoms with E-state index in [1.807, 2.05) is 0 Å². The minimum Gasteiger partial charge on any atom is -0.495 e. The van der Waals surface area contributed by atoms with Gasteiger partial charge in [-0.05, 0) is 30.7 Å². The van der Waals surface area contributed by atoms with E-state index < -0.39 is 22.0 Å². The van der Waals surface area contributed by atoms with Gasteiger partial charge in [-0.3, -0.25) is 0 Å². The number of imidazole rings is 1. The van der Waals surface area contributed by atoms with E-state index in [4.69, 9.17) is 44.3 Å². The van der Waals surface area contributed by atoms with Crippen molar-refractivity contribution >= 4 is 44.6 Å². The molecular formula is C21H23Cl3N2O6S. The molecule has 33 heavy (non-hydrogen) atoms. The highest BCUT2D eigenvalue weighted by Gasteiger charge is 2.25. The van der Waals surface area contributed by atoms with E-state index in [0.717, 1.165) is 0 Å². The number of aliphatic hydroxyl groups excluding tert-OH is 2. The van der Waals surface area contributed by atoms with Gasteiger partial charge < -0.3 is 24.3 Å². The fraction of sp³-hybridized carbons (Fsp3) is 0.381. The van der Waals surface area contributed by atoms with Gasteiger partial charge in [-0.2, -0.15) is 0 Å². The second-order valence-electron chi connectivity index (χ2n) is 7.33. The van der Waals surface area contributed by atoms with Gasteiger partial charge in [0.05, 0.1) is 39.5 Å². The first-order valence-corrected chi connectivity index (χ1v) is 12.8. The van der Waals surface area contributed by atoms with Crippen molar-refractivity contribution < 1.29 is 28.1 Å². The number of hydrogen-bond acceptors (Lipinski definition) is 7. The van der Waals surface area contributed by atoms with Crippen LogP contribution in [0.15, 0.2) is 58.6 Å². The largest absolute Gasteiger partial charge is 0.495 e. The molecule has 2 N–H and O–H groups in total. The van der Waals surface area contributed by atoms with Crippen LogP contribution in [0.5, 0.6) is 5.75 Å². The molecule has 1 heterocycles. The molecule has 8 nitrogen and oxygen atoms in total. The molecule has 2 atom stereocenters. The number of halogens is 3. The van der Waals surface area contributed by atoms with Crippen LogP contribution in [-0.2, 0) is 21.1 Å². The topological polar surface area (TPSA) is 111 Å². The molecule has 12 heteroatoms. The molecule has 0 saturated carbocycles. The van der Waals surface area contributed by atoms with Crippen LogP contribution in [0, 0.1) is 0 Å². The van der Waals surface area contributed by atoms with Crippen LogP contribution in [0.3, 0.4) is 0 Å². The zero-order chi connectivity index (χ0) is 24.0. The molecule has 0 radical (unpaired) electrons. The van der Waals surface area contributed by atoms with Gasteiger partial charge in [0.15, 0.2) is 5.75 Å². The molecular weight excluding hydrogens is 515 g/mol. The van der Waals surface area contributed by atoms with Gasteiger partial charge in [-0.25, -0.2) is 13.4 Å². The summed E-state index contributed by atoms with van der Waals surface area (Å²) in [7, 11) is -3.84. The number of allylic oxidation sites excluding steroid dienone is 4. The normalized spacial score (nSPS) is 16.0. The number of aromatic nitrogens is 2. The Morgan fingerprint density at radius 2 is 1.76 bits per heavy atom. The van der Waals surface area contributed by atoms with Crippen molar-refractivity contribution in [1.29, 1.82) is 0 Å². The number of sulfone groups is 1. The molecule has 0 amide bonds. The molecule has 0 fully saturated rings. The van der Waals surface area contributed by atoms with Gasteiger partial charge in [-0.15, -0.1) is 11.6 Å². The fourth-order valence-corrected chi connectivity index (χ4v) is 5.32. The van der Waals surface area contributed by atoms with Crippen molar-refractivity contribution in [2.24, 2.45) is 0 Å². The predicted octanol–water partition coefficient (Wildman–Crippen LogP) is 3.58. The lowest BCUT2D eigenvalue weighted by Crippen LogP contribution is -2.21. The van der Waals surface area contributed by atoms with Gasteiger partial charge >= 0.3 is 0 Å². The Kier molecular flexibility index (Phi) is 9.09. The summed E-state index contributed by atoms with van der Waals surface area (Å²) in [6.45, 7) is 0.282. The summed E-state index contributed by atoms with van der Waals surface area (Å²) in [5, 5.41) is 19.6. The Labute approximate surface area is 206 Å². The predicted molar refractivity (Wildman–Crippen MR) is 125 cm³/mol. The zero-order valence-electron chi connectivity index (χ0n) is 17.4. The van der Waals surface area contributed by atoms with Crippen molar-refractivity contribution in [3.63, 3.8) is 0 Å². The van der Waals surface area contributed by atoms with E-state index in [0.29, 0.717) is 18.7 Å². The number of aliphatic hydroxyl groups is 2. The number of benzene rings is 1. The summed E-state index contributed by atoms with van der Waals surface area (Å²) in [6, 6.07) is 2.52. The van der Waals surface area contributed by atoms with Crippen molar-refractivity contribution in [1.82, 2.24) is 9.55 Å². The van der Waals surface area contributed by atoms with E-state index in [1.54, 1.807) is 29.4 Å². The Morgan fingerprint density at radius 3 is 2.33 bits per heavy atom. The maximum absolute atomic E-state index is 13.1. The van der Waals surface area contributed by atoms with Crippen molar-refractivity contribution in [3.8, 4) is 5.75 Å². The standard InChI is InChI=1S/C21H23Cl3N2O6S/c22-9-14(27)11-32-21-19(23)7-18(8-20(21)24)33(29,30)17-3-1-16(2-4-17)31-12-15(28)10-26-6-5-25-13-26/h1,3,5-8,13-15,27-28H,2,4,9-12H2. The summed E-state index contributed by atoms with van der Waals surface area (Å²) in [6.07, 6.45) is 6.95. The molecule has 1 aromatic heterocycles. The van der Waals surface area contributed by atoms with E-state index in [-0.39, 0.29) is 51.1 Å². The van der Waals surface area contributed by atoms with Gasteiger partial charge in [0, 0.05) is 23.7 Å². The Bertz CT molecular complexity index is 1100. The minimum atomic E-state index is -3.84. The number of alkyl halides is 1. The first kappa shape index (κ1) is 25.9. The summed E-state index contributed by atoms with van der Waals surface area (Å²) in [4.78, 5) is 4.03. The number of rotatable bonds is 11. The molecule has 1 aliphatic rings. The molecule has 0 spiro atoms. The summed E-state index contributed by atoms with van der Waals surface area (Å²) in [5.74, 6) is 0.624. The van der Waals surface area contributed by atoms with Crippen LogP contribution in [0.2, 0.25) is 10.0 Å². The summed E-state index contributed by atoms with van der Waals surface area (Å²) in [5.41, 5.74) is 0. The Balaban J connectivity index is 1.66. The van der Waals surface area contributed by atoms with Gasteiger partial charge in [-0.1, -0.05) is 23.2 Å². The van der Waals surface area contributed by atoms with Crippen LogP contribution >= 0.6 is 34.8 Å². The SMILES string of the molecule is O=S(=O)(C1=CC=C(OCC(O)Cn2ccnc2)CC1)c1cc(Cl)c(OCC(O)CCl)c(Cl)c1. The smallest absolute Gasteiger partial charge is 0.202 e. The van der Waals surface area contributed by atoms with Crippen LogP contribution in [0.1, 0.15) is 12.8 Å². The Hall–Kier alpha value is -1.75. The highest BCUT2D eigenvalue weighted by molar-refractivity contribution is 7.95. The molecule has 1 aromatic carbocycles. The summed E-state index contributed by atoms with van der Waals surface area (Å²) < 4.78 is 38.8. The second kappa shape index (κ2) is 11.6. The zero-order valence-corrected chi connectivity index (χ0v) is 20.5. The van der Waals surface area contributed by atoms with E-state index in [1.165, 1.54) is 18.2 Å². The highest BCUT2D eigenvalue weighted by atomic mass is 35.5.